The zero-order chi connectivity index (χ0) is 70.8. The van der Waals surface area contributed by atoms with Crippen LogP contribution in [0.5, 0.6) is 5.75 Å². The number of aliphatic hydroxyl groups is 3. The summed E-state index contributed by atoms with van der Waals surface area (Å²) in [5.74, 6) is 1.90. The molecule has 0 fully saturated rings. The monoisotopic (exact) mass is 1380 g/mol. The van der Waals surface area contributed by atoms with Gasteiger partial charge in [-0.25, -0.2) is 0 Å². The van der Waals surface area contributed by atoms with Gasteiger partial charge in [0.1, 0.15) is 5.75 Å². The maximum atomic E-state index is 13.1. The summed E-state index contributed by atoms with van der Waals surface area (Å²) in [4.78, 5) is 44.6. The van der Waals surface area contributed by atoms with Crippen LogP contribution in [0.25, 0.3) is 31.3 Å². The smallest absolute Gasteiger partial charge is 0.173 e. The molecule has 6 atom stereocenters. The minimum Gasteiger partial charge on any atom is -0.497 e. The lowest BCUT2D eigenvalue weighted by Crippen LogP contribution is -2.05. The summed E-state index contributed by atoms with van der Waals surface area (Å²) in [7, 11) is 1.66. The average molecular weight is 1380 g/mol. The van der Waals surface area contributed by atoms with Crippen molar-refractivity contribution in [2.24, 2.45) is 0 Å². The molecule has 0 aliphatic carbocycles. The number of methoxy groups -OCH3 is 1. The molecule has 0 spiro atoms. The summed E-state index contributed by atoms with van der Waals surface area (Å²) in [6, 6.07) is 86.3. The molecule has 12 rings (SSSR count). The second-order valence-corrected chi connectivity index (χ2v) is 29.7. The van der Waals surface area contributed by atoms with E-state index < -0.39 is 18.3 Å². The number of carbonyl (C=O) groups is 3. The molecule has 12 aromatic rings. The topological polar surface area (TPSA) is 121 Å². The van der Waals surface area contributed by atoms with Crippen molar-refractivity contribution >= 4 is 51.4 Å². The average Bonchev–Trinajstić information content (AvgIpc) is 1.64. The van der Waals surface area contributed by atoms with E-state index >= 15 is 0 Å². The Hall–Kier alpha value is -9.23. The van der Waals surface area contributed by atoms with Gasteiger partial charge in [0.05, 0.1) is 40.1 Å². The van der Waals surface area contributed by atoms with Gasteiger partial charge in [0.15, 0.2) is 17.3 Å². The minimum atomic E-state index is -0.472. The molecule has 3 aromatic heterocycles. The Morgan fingerprint density at radius 1 is 0.340 bits per heavy atom. The van der Waals surface area contributed by atoms with Crippen molar-refractivity contribution < 1.29 is 34.4 Å². The molecule has 7 nitrogen and oxygen atoms in total. The van der Waals surface area contributed by atoms with Crippen LogP contribution in [-0.4, -0.2) is 39.8 Å². The van der Waals surface area contributed by atoms with Crippen molar-refractivity contribution in [3.05, 3.63) is 347 Å². The maximum Gasteiger partial charge on any atom is 0.173 e. The minimum absolute atomic E-state index is 0.119. The van der Waals surface area contributed by atoms with Crippen LogP contribution in [0.2, 0.25) is 0 Å². The molecule has 0 amide bonds. The number of aliphatic hydroxyl groups excluding tert-OH is 3. The van der Waals surface area contributed by atoms with E-state index in [9.17, 15) is 29.7 Å². The number of Topliss-reactive ketones (excluding diaryl/α,β-unsaturated/α-hetero) is 3. The summed E-state index contributed by atoms with van der Waals surface area (Å²) in [6.45, 7) is 16.0. The number of thiophene rings is 3. The molecule has 3 heterocycles. The molecule has 0 aliphatic rings. The van der Waals surface area contributed by atoms with E-state index in [1.165, 1.54) is 55.6 Å². The number of ether oxygens (including phenoxy) is 1. The molecular formula is C90H90O7S3. The highest BCUT2D eigenvalue weighted by atomic mass is 32.1. The van der Waals surface area contributed by atoms with Crippen molar-refractivity contribution in [2.75, 3.05) is 7.11 Å². The number of carbonyl (C=O) groups excluding carboxylic acids is 3. The van der Waals surface area contributed by atoms with E-state index in [0.29, 0.717) is 19.3 Å². The molecule has 0 saturated heterocycles. The lowest BCUT2D eigenvalue weighted by atomic mass is 9.90. The lowest BCUT2D eigenvalue weighted by Gasteiger charge is -2.15. The predicted molar refractivity (Wildman–Crippen MR) is 416 cm³/mol. The van der Waals surface area contributed by atoms with E-state index in [-0.39, 0.29) is 35.1 Å². The third-order valence-electron chi connectivity index (χ3n) is 18.5. The fourth-order valence-electron chi connectivity index (χ4n) is 12.5. The van der Waals surface area contributed by atoms with Crippen molar-refractivity contribution in [1.82, 2.24) is 0 Å². The molecule has 10 heteroatoms. The van der Waals surface area contributed by atoms with Crippen LogP contribution in [-0.2, 0) is 19.3 Å². The first-order valence-electron chi connectivity index (χ1n) is 34.5. The Bertz CT molecular complexity index is 4700. The number of hydrogen-bond acceptors (Lipinski definition) is 10. The fourth-order valence-corrected chi connectivity index (χ4v) is 15.4. The van der Waals surface area contributed by atoms with Crippen LogP contribution in [0.3, 0.4) is 0 Å². The van der Waals surface area contributed by atoms with Crippen LogP contribution in [0.15, 0.2) is 255 Å². The van der Waals surface area contributed by atoms with Crippen molar-refractivity contribution in [2.45, 2.75) is 130 Å². The van der Waals surface area contributed by atoms with Gasteiger partial charge in [-0.2, -0.15) is 0 Å². The molecule has 3 N–H and O–H groups in total. The van der Waals surface area contributed by atoms with E-state index in [0.717, 1.165) is 93.2 Å². The highest BCUT2D eigenvalue weighted by molar-refractivity contribution is 7.18. The third kappa shape index (κ3) is 20.2. The van der Waals surface area contributed by atoms with Crippen molar-refractivity contribution in [1.29, 1.82) is 0 Å². The van der Waals surface area contributed by atoms with Gasteiger partial charge in [-0.15, -0.1) is 34.0 Å². The fraction of sp³-hybridized carbons (Fsp3) is 0.233. The normalized spacial score (nSPS) is 12.9. The second-order valence-electron chi connectivity index (χ2n) is 26.4. The Kier molecular flexibility index (Phi) is 25.9. The van der Waals surface area contributed by atoms with Crippen LogP contribution in [0, 0.1) is 13.8 Å². The predicted octanol–water partition coefficient (Wildman–Crippen LogP) is 22.9. The summed E-state index contributed by atoms with van der Waals surface area (Å²) in [5.41, 5.74) is 19.5. The summed E-state index contributed by atoms with van der Waals surface area (Å²) in [5, 5.41) is 29.6. The zero-order valence-corrected chi connectivity index (χ0v) is 61.1. The molecule has 0 bridgehead atoms. The van der Waals surface area contributed by atoms with Gasteiger partial charge in [0, 0.05) is 33.9 Å². The standard InChI is InChI=1S/C31H32O2S.C30H30O3S.C29H28O2S/c1-20-8-5-13-28(22(20)3)21(2)16-29(33)31-15-14-30(34-31)27-12-7-10-25(19-27)17-24-9-6-11-26(18-24)23(4)32;1-20(24-9-6-12-27(19-24)33-3)15-28(32)30-14-13-29(34-30)26-11-5-8-23(18-26)16-22-7-4-10-25(17-22)21(2)31;1-20(24-10-4-3-5-11-24)16-27(31)29-15-14-28(32-29)26-13-7-9-23(19-26)17-22-8-6-12-25(18-22)21(2)30/h5-15,18-19,21,23,32H,16-17H2,1-4H3;4-14,17-21,31H,15-16H2,1-3H3;3-15,18-21,30H,16-17H2,1-2H3/t;2*20-,21?/m.01/s1. The van der Waals surface area contributed by atoms with Gasteiger partial charge < -0.3 is 20.1 Å². The van der Waals surface area contributed by atoms with E-state index in [2.05, 4.69) is 186 Å². The van der Waals surface area contributed by atoms with Crippen molar-refractivity contribution in [3.63, 3.8) is 0 Å². The molecule has 4 unspecified atom stereocenters. The largest absolute Gasteiger partial charge is 0.497 e. The third-order valence-corrected chi connectivity index (χ3v) is 22.0. The summed E-state index contributed by atoms with van der Waals surface area (Å²) >= 11 is 4.70. The van der Waals surface area contributed by atoms with E-state index in [1.54, 1.807) is 61.9 Å². The van der Waals surface area contributed by atoms with Crippen LogP contribution >= 0.6 is 34.0 Å². The molecule has 100 heavy (non-hydrogen) atoms. The number of benzene rings is 9. The molecule has 0 saturated carbocycles. The Balaban J connectivity index is 0.000000162. The van der Waals surface area contributed by atoms with Gasteiger partial charge in [-0.05, 0) is 215 Å². The number of aryl methyl sites for hydroxylation is 1. The van der Waals surface area contributed by atoms with Gasteiger partial charge in [0.2, 0.25) is 0 Å². The zero-order valence-electron chi connectivity index (χ0n) is 58.7. The quantitative estimate of drug-likeness (QED) is 0.0487. The van der Waals surface area contributed by atoms with E-state index in [4.69, 9.17) is 4.74 Å². The van der Waals surface area contributed by atoms with Crippen LogP contribution in [0.1, 0.15) is 204 Å². The van der Waals surface area contributed by atoms with Gasteiger partial charge in [-0.3, -0.25) is 14.4 Å². The van der Waals surface area contributed by atoms with Gasteiger partial charge >= 0.3 is 0 Å². The second kappa shape index (κ2) is 35.2. The Morgan fingerprint density at radius 3 is 1.06 bits per heavy atom. The summed E-state index contributed by atoms with van der Waals surface area (Å²) < 4.78 is 5.32. The first-order valence-corrected chi connectivity index (χ1v) is 36.9. The maximum absolute atomic E-state index is 13.1. The highest BCUT2D eigenvalue weighted by Gasteiger charge is 2.21. The Morgan fingerprint density at radius 2 is 0.670 bits per heavy atom. The lowest BCUT2D eigenvalue weighted by molar-refractivity contribution is 0.0971. The number of rotatable bonds is 25. The molecule has 9 aromatic carbocycles. The van der Waals surface area contributed by atoms with Crippen LogP contribution in [0.4, 0.5) is 0 Å². The van der Waals surface area contributed by atoms with E-state index in [1.807, 2.05) is 103 Å². The first-order chi connectivity index (χ1) is 48.2. The highest BCUT2D eigenvalue weighted by Crippen LogP contribution is 2.37. The molecule has 0 aliphatic heterocycles. The number of hydrogen-bond donors (Lipinski definition) is 3. The summed E-state index contributed by atoms with van der Waals surface area (Å²) in [6.07, 6.45) is 2.50. The SMILES string of the molecule is CC(O)c1cccc(Cc2cccc(-c3ccc(C(=O)C[C@@H](C)c4ccccc4)s3)c2)c1.COc1cccc([C@@H](C)CC(=O)c2ccc(-c3cccc(Cc4cccc(C(C)O)c4)c3)s2)c1.Cc1cccc(C(C)CC(=O)c2ccc(-c3cccc(Cc4cccc(C(C)O)c4)c3)s2)c1C. The Labute approximate surface area is 603 Å². The van der Waals surface area contributed by atoms with Gasteiger partial charge in [-0.1, -0.05) is 227 Å². The van der Waals surface area contributed by atoms with Gasteiger partial charge in [0.25, 0.3) is 0 Å². The molecular weight excluding hydrogens is 1290 g/mol. The van der Waals surface area contributed by atoms with Crippen LogP contribution < -0.4 is 4.74 Å². The molecule has 0 radical (unpaired) electrons. The first kappa shape index (κ1) is 73.5. The number of ketones is 3. The van der Waals surface area contributed by atoms with Crippen molar-refractivity contribution in [3.8, 4) is 37.1 Å². The molecule has 510 valence electrons.